The summed E-state index contributed by atoms with van der Waals surface area (Å²) in [5.74, 6) is 1.30. The molecule has 0 radical (unpaired) electrons. The Balaban J connectivity index is 1.86. The van der Waals surface area contributed by atoms with Crippen LogP contribution in [0, 0.1) is 12.8 Å². The molecule has 1 amide bonds. The van der Waals surface area contributed by atoms with E-state index in [1.807, 2.05) is 0 Å². The van der Waals surface area contributed by atoms with Crippen LogP contribution in [0.2, 0.25) is 0 Å². The van der Waals surface area contributed by atoms with Crippen LogP contribution in [0.15, 0.2) is 24.3 Å². The molecule has 2 nitrogen and oxygen atoms in total. The molecule has 1 aromatic rings. The van der Waals surface area contributed by atoms with E-state index in [0.29, 0.717) is 18.2 Å². The summed E-state index contributed by atoms with van der Waals surface area (Å²) in [5.41, 5.74) is 2.29. The lowest BCUT2D eigenvalue weighted by molar-refractivity contribution is -0.123. The summed E-state index contributed by atoms with van der Waals surface area (Å²) in [4.78, 5) is 12.3. The van der Waals surface area contributed by atoms with Crippen LogP contribution in [0.3, 0.4) is 0 Å². The Morgan fingerprint density at radius 3 is 2.71 bits per heavy atom. The standard InChI is InChI=1S/C18H26ClNO/c1-14-5-7-16(8-6-14)9-10-17(21)20-18(13-19)11-3-4-15(2)12-18/h5-8,15H,3-4,9-13H2,1-2H3,(H,20,21). The smallest absolute Gasteiger partial charge is 0.220 e. The monoisotopic (exact) mass is 307 g/mol. The first-order valence-electron chi connectivity index (χ1n) is 7.95. The van der Waals surface area contributed by atoms with Crippen LogP contribution >= 0.6 is 11.6 Å². The maximum absolute atomic E-state index is 12.3. The van der Waals surface area contributed by atoms with Gasteiger partial charge in [0, 0.05) is 12.3 Å². The molecule has 21 heavy (non-hydrogen) atoms. The molecule has 2 rings (SSSR count). The molecule has 0 heterocycles. The minimum atomic E-state index is -0.177. The third-order valence-electron chi connectivity index (χ3n) is 4.51. The van der Waals surface area contributed by atoms with E-state index in [2.05, 4.69) is 43.4 Å². The molecule has 1 aliphatic rings. The van der Waals surface area contributed by atoms with E-state index < -0.39 is 0 Å². The Morgan fingerprint density at radius 2 is 2.10 bits per heavy atom. The zero-order chi connectivity index (χ0) is 15.3. The van der Waals surface area contributed by atoms with Crippen molar-refractivity contribution >= 4 is 17.5 Å². The van der Waals surface area contributed by atoms with Gasteiger partial charge in [-0.3, -0.25) is 4.79 Å². The number of hydrogen-bond donors (Lipinski definition) is 1. The lowest BCUT2D eigenvalue weighted by atomic mass is 9.77. The average Bonchev–Trinajstić information content (AvgIpc) is 2.46. The predicted molar refractivity (Wildman–Crippen MR) is 88.7 cm³/mol. The Labute approximate surface area is 133 Å². The normalized spacial score (nSPS) is 25.6. The van der Waals surface area contributed by atoms with Crippen LogP contribution in [0.4, 0.5) is 0 Å². The Kier molecular flexibility index (Phi) is 5.69. The number of alkyl halides is 1. The maximum Gasteiger partial charge on any atom is 0.220 e. The molecule has 0 spiro atoms. The van der Waals surface area contributed by atoms with Crippen molar-refractivity contribution < 1.29 is 4.79 Å². The number of amides is 1. The van der Waals surface area contributed by atoms with Crippen molar-refractivity contribution in [3.8, 4) is 0 Å². The Hall–Kier alpha value is -1.02. The Bertz CT molecular complexity index is 471. The molecular formula is C18H26ClNO. The van der Waals surface area contributed by atoms with Gasteiger partial charge >= 0.3 is 0 Å². The molecule has 3 heteroatoms. The number of halogens is 1. The Morgan fingerprint density at radius 1 is 1.38 bits per heavy atom. The molecule has 1 aromatic carbocycles. The average molecular weight is 308 g/mol. The van der Waals surface area contributed by atoms with Crippen molar-refractivity contribution in [2.24, 2.45) is 5.92 Å². The van der Waals surface area contributed by atoms with Crippen LogP contribution < -0.4 is 5.32 Å². The molecule has 1 saturated carbocycles. The van der Waals surface area contributed by atoms with Crippen LogP contribution in [0.25, 0.3) is 0 Å². The number of carbonyl (C=O) groups excluding carboxylic acids is 1. The van der Waals surface area contributed by atoms with E-state index in [1.54, 1.807) is 0 Å². The zero-order valence-electron chi connectivity index (χ0n) is 13.1. The lowest BCUT2D eigenvalue weighted by Gasteiger charge is -2.39. The molecule has 0 aliphatic heterocycles. The van der Waals surface area contributed by atoms with Crippen LogP contribution in [0.5, 0.6) is 0 Å². The fourth-order valence-corrected chi connectivity index (χ4v) is 3.61. The summed E-state index contributed by atoms with van der Waals surface area (Å²) >= 11 is 6.17. The lowest BCUT2D eigenvalue weighted by Crippen LogP contribution is -2.52. The van der Waals surface area contributed by atoms with Gasteiger partial charge in [-0.25, -0.2) is 0 Å². The molecule has 2 unspecified atom stereocenters. The number of hydrogen-bond acceptors (Lipinski definition) is 1. The van der Waals surface area contributed by atoms with Crippen LogP contribution in [-0.4, -0.2) is 17.3 Å². The number of nitrogens with one attached hydrogen (secondary N) is 1. The fraction of sp³-hybridized carbons (Fsp3) is 0.611. The van der Waals surface area contributed by atoms with Gasteiger partial charge in [-0.15, -0.1) is 11.6 Å². The van der Waals surface area contributed by atoms with Crippen LogP contribution in [-0.2, 0) is 11.2 Å². The van der Waals surface area contributed by atoms with Crippen molar-refractivity contribution in [3.63, 3.8) is 0 Å². The van der Waals surface area contributed by atoms with Gasteiger partial charge in [-0.05, 0) is 37.7 Å². The van der Waals surface area contributed by atoms with Gasteiger partial charge in [-0.2, -0.15) is 0 Å². The summed E-state index contributed by atoms with van der Waals surface area (Å²) in [6.07, 6.45) is 5.75. The van der Waals surface area contributed by atoms with Crippen molar-refractivity contribution in [1.82, 2.24) is 5.32 Å². The summed E-state index contributed by atoms with van der Waals surface area (Å²) < 4.78 is 0. The van der Waals surface area contributed by atoms with Gasteiger partial charge < -0.3 is 5.32 Å². The van der Waals surface area contributed by atoms with E-state index >= 15 is 0 Å². The largest absolute Gasteiger partial charge is 0.349 e. The van der Waals surface area contributed by atoms with Gasteiger partial charge in [0.1, 0.15) is 0 Å². The van der Waals surface area contributed by atoms with Crippen molar-refractivity contribution in [2.75, 3.05) is 5.88 Å². The van der Waals surface area contributed by atoms with Gasteiger partial charge in [0.15, 0.2) is 0 Å². The minimum Gasteiger partial charge on any atom is -0.349 e. The second-order valence-electron chi connectivity index (χ2n) is 6.65. The van der Waals surface area contributed by atoms with E-state index in [4.69, 9.17) is 11.6 Å². The first kappa shape index (κ1) is 16.4. The molecule has 1 aliphatic carbocycles. The molecular weight excluding hydrogens is 282 g/mol. The summed E-state index contributed by atoms with van der Waals surface area (Å²) in [6.45, 7) is 4.32. The SMILES string of the molecule is Cc1ccc(CCC(=O)NC2(CCl)CCCC(C)C2)cc1. The summed E-state index contributed by atoms with van der Waals surface area (Å²) in [5, 5.41) is 3.22. The third-order valence-corrected chi connectivity index (χ3v) is 5.02. The second-order valence-corrected chi connectivity index (χ2v) is 6.92. The van der Waals surface area contributed by atoms with Gasteiger partial charge in [0.25, 0.3) is 0 Å². The summed E-state index contributed by atoms with van der Waals surface area (Å²) in [7, 11) is 0. The second kappa shape index (κ2) is 7.31. The van der Waals surface area contributed by atoms with Gasteiger partial charge in [-0.1, -0.05) is 49.6 Å². The van der Waals surface area contributed by atoms with Crippen molar-refractivity contribution in [1.29, 1.82) is 0 Å². The quantitative estimate of drug-likeness (QED) is 0.810. The highest BCUT2D eigenvalue weighted by molar-refractivity contribution is 6.18. The molecule has 0 bridgehead atoms. The zero-order valence-corrected chi connectivity index (χ0v) is 13.9. The van der Waals surface area contributed by atoms with Crippen LogP contribution in [0.1, 0.15) is 50.2 Å². The molecule has 0 aromatic heterocycles. The van der Waals surface area contributed by atoms with E-state index in [1.165, 1.54) is 17.5 Å². The number of benzene rings is 1. The highest BCUT2D eigenvalue weighted by atomic mass is 35.5. The van der Waals surface area contributed by atoms with Gasteiger partial charge in [0.05, 0.1) is 5.54 Å². The van der Waals surface area contributed by atoms with Crippen molar-refractivity contribution in [3.05, 3.63) is 35.4 Å². The number of carbonyl (C=O) groups is 1. The molecule has 0 saturated heterocycles. The van der Waals surface area contributed by atoms with Gasteiger partial charge in [0.2, 0.25) is 5.91 Å². The highest BCUT2D eigenvalue weighted by Crippen LogP contribution is 2.33. The maximum atomic E-state index is 12.3. The predicted octanol–water partition coefficient (Wildman–Crippen LogP) is 4.23. The summed E-state index contributed by atoms with van der Waals surface area (Å²) in [6, 6.07) is 8.39. The topological polar surface area (TPSA) is 29.1 Å². The van der Waals surface area contributed by atoms with E-state index in [9.17, 15) is 4.79 Å². The fourth-order valence-electron chi connectivity index (χ4n) is 3.30. The number of aryl methyl sites for hydroxylation is 2. The molecule has 1 fully saturated rings. The van der Waals surface area contributed by atoms with E-state index in [-0.39, 0.29) is 11.4 Å². The minimum absolute atomic E-state index is 0.130. The molecule has 116 valence electrons. The first-order valence-corrected chi connectivity index (χ1v) is 8.49. The third kappa shape index (κ3) is 4.74. The number of rotatable bonds is 5. The van der Waals surface area contributed by atoms with Crippen molar-refractivity contribution in [2.45, 2.75) is 57.9 Å². The molecule has 2 atom stereocenters. The molecule has 1 N–H and O–H groups in total. The highest BCUT2D eigenvalue weighted by Gasteiger charge is 2.35. The van der Waals surface area contributed by atoms with E-state index in [0.717, 1.165) is 25.7 Å². The first-order chi connectivity index (χ1) is 10.0.